The summed E-state index contributed by atoms with van der Waals surface area (Å²) in [5.74, 6) is 0.801. The van der Waals surface area contributed by atoms with Crippen molar-refractivity contribution < 1.29 is 0 Å². The van der Waals surface area contributed by atoms with E-state index in [0.29, 0.717) is 0 Å². The van der Waals surface area contributed by atoms with E-state index in [-0.39, 0.29) is 5.41 Å². The molecule has 34 heavy (non-hydrogen) atoms. The molecule has 0 saturated heterocycles. The average molecular weight is 441 g/mol. The van der Waals surface area contributed by atoms with Crippen molar-refractivity contribution >= 4 is 10.8 Å². The zero-order valence-corrected chi connectivity index (χ0v) is 20.0. The first-order valence-electron chi connectivity index (χ1n) is 12.1. The number of rotatable bonds is 2. The Morgan fingerprint density at radius 1 is 0.676 bits per heavy atom. The quantitative estimate of drug-likeness (QED) is 0.278. The molecule has 0 saturated carbocycles. The number of fused-ring (bicyclic) bond motifs is 4. The molecule has 0 amide bonds. The Kier molecular flexibility index (Phi) is 4.84. The standard InChI is InChI=1S/C32H28N2/c1-32(2,3)29-19-26(18-23-11-7-8-12-27(23)29)31-33-20-25-14-13-24-17-22(21-9-5-4-6-10-21)15-16-28(24)30(25)34-31/h4-12,15-20H,13-14H2,1-3H3. The summed E-state index contributed by atoms with van der Waals surface area (Å²) in [6, 6.07) is 30.5. The zero-order chi connectivity index (χ0) is 23.3. The molecule has 0 aliphatic heterocycles. The Morgan fingerprint density at radius 2 is 1.44 bits per heavy atom. The molecule has 0 unspecified atom stereocenters. The summed E-state index contributed by atoms with van der Waals surface area (Å²) in [6.07, 6.45) is 4.04. The predicted molar refractivity (Wildman–Crippen MR) is 142 cm³/mol. The molecule has 0 radical (unpaired) electrons. The third kappa shape index (κ3) is 3.60. The van der Waals surface area contributed by atoms with Gasteiger partial charge >= 0.3 is 0 Å². The van der Waals surface area contributed by atoms with Gasteiger partial charge in [0.2, 0.25) is 0 Å². The molecule has 0 fully saturated rings. The molecule has 1 heterocycles. The van der Waals surface area contributed by atoms with Crippen molar-refractivity contribution in [3.05, 3.63) is 108 Å². The lowest BCUT2D eigenvalue weighted by Gasteiger charge is -2.23. The van der Waals surface area contributed by atoms with E-state index in [2.05, 4.69) is 106 Å². The van der Waals surface area contributed by atoms with Gasteiger partial charge in [-0.25, -0.2) is 9.97 Å². The first-order valence-corrected chi connectivity index (χ1v) is 12.1. The zero-order valence-electron chi connectivity index (χ0n) is 20.0. The summed E-state index contributed by atoms with van der Waals surface area (Å²) < 4.78 is 0. The molecular weight excluding hydrogens is 412 g/mol. The molecule has 4 aromatic carbocycles. The van der Waals surface area contributed by atoms with E-state index in [4.69, 9.17) is 9.97 Å². The van der Waals surface area contributed by atoms with Crippen LogP contribution in [-0.2, 0) is 18.3 Å². The number of hydrogen-bond donors (Lipinski definition) is 0. The lowest BCUT2D eigenvalue weighted by atomic mass is 9.82. The molecular formula is C32H28N2. The van der Waals surface area contributed by atoms with Crippen LogP contribution in [0.4, 0.5) is 0 Å². The van der Waals surface area contributed by atoms with Gasteiger partial charge in [0.15, 0.2) is 5.82 Å². The minimum atomic E-state index is 0.0320. The van der Waals surface area contributed by atoms with Crippen molar-refractivity contribution in [1.29, 1.82) is 0 Å². The summed E-state index contributed by atoms with van der Waals surface area (Å²) >= 11 is 0. The highest BCUT2D eigenvalue weighted by Gasteiger charge is 2.22. The first-order chi connectivity index (χ1) is 16.5. The Morgan fingerprint density at radius 3 is 2.26 bits per heavy atom. The van der Waals surface area contributed by atoms with E-state index in [1.165, 1.54) is 44.2 Å². The molecule has 0 atom stereocenters. The molecule has 0 bridgehead atoms. The molecule has 2 heteroatoms. The topological polar surface area (TPSA) is 25.8 Å². The average Bonchev–Trinajstić information content (AvgIpc) is 2.87. The largest absolute Gasteiger partial charge is 0.236 e. The van der Waals surface area contributed by atoms with Crippen LogP contribution in [0.5, 0.6) is 0 Å². The number of nitrogens with zero attached hydrogens (tertiary/aromatic N) is 2. The molecule has 2 nitrogen and oxygen atoms in total. The van der Waals surface area contributed by atoms with Crippen LogP contribution in [0, 0.1) is 0 Å². The second-order valence-electron chi connectivity index (χ2n) is 10.3. The van der Waals surface area contributed by atoms with Gasteiger partial charge in [-0.05, 0) is 69.0 Å². The molecule has 6 rings (SSSR count). The molecule has 0 N–H and O–H groups in total. The van der Waals surface area contributed by atoms with Crippen molar-refractivity contribution in [2.75, 3.05) is 0 Å². The monoisotopic (exact) mass is 440 g/mol. The summed E-state index contributed by atoms with van der Waals surface area (Å²) in [4.78, 5) is 9.97. The molecule has 166 valence electrons. The van der Waals surface area contributed by atoms with Crippen molar-refractivity contribution in [1.82, 2.24) is 9.97 Å². The Bertz CT molecular complexity index is 1520. The highest BCUT2D eigenvalue weighted by Crippen LogP contribution is 2.37. The van der Waals surface area contributed by atoms with Gasteiger partial charge in [0.1, 0.15) is 0 Å². The Hall–Kier alpha value is -3.78. The van der Waals surface area contributed by atoms with E-state index in [0.717, 1.165) is 29.9 Å². The van der Waals surface area contributed by atoms with E-state index in [1.54, 1.807) is 0 Å². The van der Waals surface area contributed by atoms with Gasteiger partial charge in [-0.3, -0.25) is 0 Å². The maximum absolute atomic E-state index is 5.15. The SMILES string of the molecule is CC(C)(C)c1cc(-c2ncc3c(n2)-c2ccc(-c4ccccc4)cc2CC3)cc2ccccc12. The normalized spacial score (nSPS) is 12.9. The fourth-order valence-electron chi connectivity index (χ4n) is 5.13. The number of benzene rings is 4. The number of hydrogen-bond acceptors (Lipinski definition) is 2. The predicted octanol–water partition coefficient (Wildman–Crippen LogP) is 8.03. The molecule has 0 spiro atoms. The minimum absolute atomic E-state index is 0.0320. The first kappa shape index (κ1) is 20.8. The summed E-state index contributed by atoms with van der Waals surface area (Å²) in [5, 5.41) is 2.54. The lowest BCUT2D eigenvalue weighted by molar-refractivity contribution is 0.596. The third-order valence-corrected chi connectivity index (χ3v) is 6.92. The van der Waals surface area contributed by atoms with E-state index in [9.17, 15) is 0 Å². The van der Waals surface area contributed by atoms with Gasteiger partial charge in [-0.1, -0.05) is 93.6 Å². The van der Waals surface area contributed by atoms with Crippen molar-refractivity contribution in [3.63, 3.8) is 0 Å². The molecule has 1 aliphatic carbocycles. The van der Waals surface area contributed by atoms with Gasteiger partial charge in [-0.2, -0.15) is 0 Å². The van der Waals surface area contributed by atoms with Crippen LogP contribution in [0.1, 0.15) is 37.5 Å². The maximum Gasteiger partial charge on any atom is 0.159 e. The smallest absolute Gasteiger partial charge is 0.159 e. The fraction of sp³-hybridized carbons (Fsp3) is 0.188. The molecule has 1 aromatic heterocycles. The van der Waals surface area contributed by atoms with Crippen LogP contribution in [-0.4, -0.2) is 9.97 Å². The molecule has 1 aliphatic rings. The second kappa shape index (κ2) is 7.92. The molecule has 5 aromatic rings. The van der Waals surface area contributed by atoms with Crippen molar-refractivity contribution in [2.24, 2.45) is 0 Å². The van der Waals surface area contributed by atoms with Gasteiger partial charge in [0.05, 0.1) is 5.69 Å². The number of aromatic nitrogens is 2. The van der Waals surface area contributed by atoms with Crippen LogP contribution < -0.4 is 0 Å². The van der Waals surface area contributed by atoms with Gasteiger partial charge in [0.25, 0.3) is 0 Å². The highest BCUT2D eigenvalue weighted by molar-refractivity contribution is 5.90. The second-order valence-corrected chi connectivity index (χ2v) is 10.3. The summed E-state index contributed by atoms with van der Waals surface area (Å²) in [7, 11) is 0. The van der Waals surface area contributed by atoms with Crippen LogP contribution in [0.3, 0.4) is 0 Å². The number of aryl methyl sites for hydroxylation is 2. The van der Waals surface area contributed by atoms with Gasteiger partial charge in [0, 0.05) is 17.3 Å². The maximum atomic E-state index is 5.15. The van der Waals surface area contributed by atoms with Gasteiger partial charge in [-0.15, -0.1) is 0 Å². The lowest BCUT2D eigenvalue weighted by Crippen LogP contribution is -2.12. The third-order valence-electron chi connectivity index (χ3n) is 6.92. The minimum Gasteiger partial charge on any atom is -0.236 e. The Balaban J connectivity index is 1.48. The van der Waals surface area contributed by atoms with Crippen molar-refractivity contribution in [3.8, 4) is 33.8 Å². The van der Waals surface area contributed by atoms with E-state index >= 15 is 0 Å². The Labute approximate surface area is 201 Å². The summed E-state index contributed by atoms with van der Waals surface area (Å²) in [6.45, 7) is 6.81. The van der Waals surface area contributed by atoms with Crippen LogP contribution in [0.25, 0.3) is 44.5 Å². The van der Waals surface area contributed by atoms with Crippen LogP contribution in [0.15, 0.2) is 91.1 Å². The van der Waals surface area contributed by atoms with E-state index < -0.39 is 0 Å². The summed E-state index contributed by atoms with van der Waals surface area (Å²) in [5.41, 5.74) is 9.89. The fourth-order valence-corrected chi connectivity index (χ4v) is 5.13. The highest BCUT2D eigenvalue weighted by atomic mass is 14.9. The van der Waals surface area contributed by atoms with Crippen LogP contribution in [0.2, 0.25) is 0 Å². The van der Waals surface area contributed by atoms with Crippen molar-refractivity contribution in [2.45, 2.75) is 39.0 Å². The van der Waals surface area contributed by atoms with E-state index in [1.807, 2.05) is 6.20 Å². The van der Waals surface area contributed by atoms with Gasteiger partial charge < -0.3 is 0 Å². The van der Waals surface area contributed by atoms with Crippen LogP contribution >= 0.6 is 0 Å².